The number of sulfonamides is 2. The third-order valence-corrected chi connectivity index (χ3v) is 9.91. The third kappa shape index (κ3) is 8.69. The molecule has 1 saturated heterocycles. The van der Waals surface area contributed by atoms with Gasteiger partial charge < -0.3 is 9.80 Å². The van der Waals surface area contributed by atoms with Gasteiger partial charge in [-0.3, -0.25) is 0 Å². The Morgan fingerprint density at radius 3 is 1.46 bits per heavy atom. The summed E-state index contributed by atoms with van der Waals surface area (Å²) in [5.74, 6) is 0. The highest BCUT2D eigenvalue weighted by Gasteiger charge is 2.18. The molecule has 1 aliphatic rings. The number of nitrogens with one attached hydrogen (secondary N) is 2. The van der Waals surface area contributed by atoms with Gasteiger partial charge in [0.15, 0.2) is 0 Å². The van der Waals surface area contributed by atoms with Crippen LogP contribution >= 0.6 is 0 Å². The van der Waals surface area contributed by atoms with Crippen molar-refractivity contribution in [3.63, 3.8) is 0 Å². The van der Waals surface area contributed by atoms with Gasteiger partial charge in [0, 0.05) is 39.3 Å². The van der Waals surface area contributed by atoms with Gasteiger partial charge in [-0.05, 0) is 68.2 Å². The average Bonchev–Trinajstić information content (AvgIpc) is 2.95. The molecule has 3 aromatic rings. The molecule has 0 saturated carbocycles. The number of hydrogen-bond acceptors (Lipinski definition) is 6. The van der Waals surface area contributed by atoms with Gasteiger partial charge in [0.1, 0.15) is 0 Å². The molecular formula is C29H38N4O4S2. The number of piperazine rings is 1. The molecule has 210 valence electrons. The van der Waals surface area contributed by atoms with Gasteiger partial charge in [-0.1, -0.05) is 60.2 Å². The predicted octanol–water partition coefficient (Wildman–Crippen LogP) is 3.32. The summed E-state index contributed by atoms with van der Waals surface area (Å²) >= 11 is 0. The first-order valence-corrected chi connectivity index (χ1v) is 16.4. The van der Waals surface area contributed by atoms with Crippen LogP contribution in [0, 0.1) is 6.92 Å². The zero-order chi connectivity index (χ0) is 27.7. The molecule has 0 aromatic heterocycles. The van der Waals surface area contributed by atoms with Crippen molar-refractivity contribution < 1.29 is 16.8 Å². The number of rotatable bonds is 13. The van der Waals surface area contributed by atoms with Crippen molar-refractivity contribution in [3.05, 3.63) is 84.4 Å². The monoisotopic (exact) mass is 570 g/mol. The van der Waals surface area contributed by atoms with Crippen molar-refractivity contribution in [1.82, 2.24) is 19.2 Å². The maximum Gasteiger partial charge on any atom is 0.240 e. The molecule has 1 heterocycles. The fourth-order valence-electron chi connectivity index (χ4n) is 4.60. The van der Waals surface area contributed by atoms with E-state index in [4.69, 9.17) is 0 Å². The number of aryl methyl sites for hydroxylation is 1. The highest BCUT2D eigenvalue weighted by molar-refractivity contribution is 7.89. The molecule has 0 aliphatic carbocycles. The third-order valence-electron chi connectivity index (χ3n) is 6.95. The van der Waals surface area contributed by atoms with E-state index < -0.39 is 20.0 Å². The van der Waals surface area contributed by atoms with E-state index in [2.05, 4.69) is 19.2 Å². The summed E-state index contributed by atoms with van der Waals surface area (Å²) < 4.78 is 55.6. The van der Waals surface area contributed by atoms with Crippen LogP contribution in [0.4, 0.5) is 0 Å². The lowest BCUT2D eigenvalue weighted by atomic mass is 10.1. The van der Waals surface area contributed by atoms with E-state index in [0.717, 1.165) is 68.8 Å². The summed E-state index contributed by atoms with van der Waals surface area (Å²) in [5.41, 5.74) is 3.06. The van der Waals surface area contributed by atoms with Crippen molar-refractivity contribution in [1.29, 1.82) is 0 Å². The first-order valence-electron chi connectivity index (χ1n) is 13.4. The maximum absolute atomic E-state index is 12.7. The van der Waals surface area contributed by atoms with E-state index in [1.54, 1.807) is 36.4 Å². The van der Waals surface area contributed by atoms with E-state index in [1.165, 1.54) is 0 Å². The average molecular weight is 571 g/mol. The highest BCUT2D eigenvalue weighted by Crippen LogP contribution is 2.21. The standard InChI is InChI=1S/C29H38N4O4S2/c1-25-9-13-28(14-10-25)38(34,35)30-17-5-19-32-21-23-33(24-22-32)20-6-18-31-39(36,37)29-15-11-27(12-16-29)26-7-3-2-4-8-26/h2-4,7-16,30-31H,5-6,17-24H2,1H3. The van der Waals surface area contributed by atoms with Gasteiger partial charge in [-0.15, -0.1) is 0 Å². The van der Waals surface area contributed by atoms with Crippen molar-refractivity contribution >= 4 is 20.0 Å². The summed E-state index contributed by atoms with van der Waals surface area (Å²) in [6.45, 7) is 8.08. The Morgan fingerprint density at radius 2 is 1.00 bits per heavy atom. The van der Waals surface area contributed by atoms with Gasteiger partial charge >= 0.3 is 0 Å². The molecular weight excluding hydrogens is 532 g/mol. The quantitative estimate of drug-likeness (QED) is 0.306. The molecule has 0 spiro atoms. The molecule has 1 fully saturated rings. The van der Waals surface area contributed by atoms with Crippen LogP contribution in [-0.2, 0) is 20.0 Å². The predicted molar refractivity (Wildman–Crippen MR) is 156 cm³/mol. The molecule has 0 unspecified atom stereocenters. The van der Waals surface area contributed by atoms with Gasteiger partial charge in [0.05, 0.1) is 9.79 Å². The van der Waals surface area contributed by atoms with Crippen LogP contribution in [-0.4, -0.2) is 79.0 Å². The maximum atomic E-state index is 12.7. The van der Waals surface area contributed by atoms with Crippen molar-refractivity contribution in [2.24, 2.45) is 0 Å². The topological polar surface area (TPSA) is 98.8 Å². The Bertz CT molecular complexity index is 1390. The summed E-state index contributed by atoms with van der Waals surface area (Å²) in [6.07, 6.45) is 1.49. The van der Waals surface area contributed by atoms with Gasteiger partial charge in [-0.25, -0.2) is 26.3 Å². The summed E-state index contributed by atoms with van der Waals surface area (Å²) in [7, 11) is -7.01. The first-order chi connectivity index (χ1) is 18.7. The van der Waals surface area contributed by atoms with Gasteiger partial charge in [0.25, 0.3) is 0 Å². The van der Waals surface area contributed by atoms with E-state index in [0.29, 0.717) is 18.0 Å². The Labute approximate surface area is 233 Å². The normalized spacial score (nSPS) is 15.4. The molecule has 2 N–H and O–H groups in total. The van der Waals surface area contributed by atoms with Crippen LogP contribution in [0.5, 0.6) is 0 Å². The van der Waals surface area contributed by atoms with Crippen LogP contribution in [0.3, 0.4) is 0 Å². The second-order valence-corrected chi connectivity index (χ2v) is 13.4. The fraction of sp³-hybridized carbons (Fsp3) is 0.379. The Hall–Kier alpha value is -2.60. The second-order valence-electron chi connectivity index (χ2n) is 9.89. The smallest absolute Gasteiger partial charge is 0.240 e. The largest absolute Gasteiger partial charge is 0.301 e. The Kier molecular flexibility index (Phi) is 10.3. The molecule has 10 heteroatoms. The number of hydrogen-bond donors (Lipinski definition) is 2. The molecule has 4 rings (SSSR count). The molecule has 0 atom stereocenters. The van der Waals surface area contributed by atoms with Crippen LogP contribution < -0.4 is 9.44 Å². The Morgan fingerprint density at radius 1 is 0.590 bits per heavy atom. The lowest BCUT2D eigenvalue weighted by Gasteiger charge is -2.34. The van der Waals surface area contributed by atoms with E-state index in [9.17, 15) is 16.8 Å². The molecule has 8 nitrogen and oxygen atoms in total. The summed E-state index contributed by atoms with van der Waals surface area (Å²) in [6, 6.07) is 23.7. The zero-order valence-electron chi connectivity index (χ0n) is 22.4. The van der Waals surface area contributed by atoms with Crippen molar-refractivity contribution in [2.45, 2.75) is 29.6 Å². The molecule has 1 aliphatic heterocycles. The van der Waals surface area contributed by atoms with Crippen LogP contribution in [0.25, 0.3) is 11.1 Å². The minimum absolute atomic E-state index is 0.275. The minimum Gasteiger partial charge on any atom is -0.301 e. The van der Waals surface area contributed by atoms with Crippen LogP contribution in [0.2, 0.25) is 0 Å². The lowest BCUT2D eigenvalue weighted by Crippen LogP contribution is -2.47. The molecule has 0 bridgehead atoms. The molecule has 39 heavy (non-hydrogen) atoms. The lowest BCUT2D eigenvalue weighted by molar-refractivity contribution is 0.131. The Balaban J connectivity index is 1.10. The molecule has 0 amide bonds. The number of nitrogens with zero attached hydrogens (tertiary/aromatic N) is 2. The minimum atomic E-state index is -3.54. The molecule has 3 aromatic carbocycles. The SMILES string of the molecule is Cc1ccc(S(=O)(=O)NCCCN2CCN(CCCNS(=O)(=O)c3ccc(-c4ccccc4)cc3)CC2)cc1. The van der Waals surface area contributed by atoms with E-state index >= 15 is 0 Å². The zero-order valence-corrected chi connectivity index (χ0v) is 24.1. The van der Waals surface area contributed by atoms with Gasteiger partial charge in [-0.2, -0.15) is 0 Å². The fourth-order valence-corrected chi connectivity index (χ4v) is 6.74. The van der Waals surface area contributed by atoms with Gasteiger partial charge in [0.2, 0.25) is 20.0 Å². The van der Waals surface area contributed by atoms with E-state index in [1.807, 2.05) is 49.4 Å². The van der Waals surface area contributed by atoms with Crippen LogP contribution in [0.1, 0.15) is 18.4 Å². The first kappa shape index (κ1) is 29.4. The summed E-state index contributed by atoms with van der Waals surface area (Å²) in [5, 5.41) is 0. The molecule has 0 radical (unpaired) electrons. The second kappa shape index (κ2) is 13.6. The summed E-state index contributed by atoms with van der Waals surface area (Å²) in [4.78, 5) is 5.26. The number of benzene rings is 3. The van der Waals surface area contributed by atoms with Crippen LogP contribution in [0.15, 0.2) is 88.7 Å². The van der Waals surface area contributed by atoms with Crippen molar-refractivity contribution in [2.75, 3.05) is 52.4 Å². The van der Waals surface area contributed by atoms with E-state index in [-0.39, 0.29) is 4.90 Å². The highest BCUT2D eigenvalue weighted by atomic mass is 32.2. The van der Waals surface area contributed by atoms with Crippen molar-refractivity contribution in [3.8, 4) is 11.1 Å².